The third-order valence-electron chi connectivity index (χ3n) is 4.00. The van der Waals surface area contributed by atoms with E-state index in [-0.39, 0.29) is 23.9 Å². The first kappa shape index (κ1) is 12.3. The molecule has 0 amide bonds. The summed E-state index contributed by atoms with van der Waals surface area (Å²) in [6.45, 7) is 0. The fourth-order valence-electron chi connectivity index (χ4n) is 2.81. The van der Waals surface area contributed by atoms with Crippen molar-refractivity contribution in [3.8, 4) is 0 Å². The van der Waals surface area contributed by atoms with Crippen molar-refractivity contribution in [2.75, 3.05) is 0 Å². The van der Waals surface area contributed by atoms with E-state index in [1.165, 1.54) is 31.7 Å². The van der Waals surface area contributed by atoms with Crippen LogP contribution in [-0.2, 0) is 11.2 Å². The highest BCUT2D eigenvalue weighted by molar-refractivity contribution is 9.10. The third-order valence-corrected chi connectivity index (χ3v) is 4.50. The molecule has 18 heavy (non-hydrogen) atoms. The van der Waals surface area contributed by atoms with Gasteiger partial charge in [-0.2, -0.15) is 0 Å². The Morgan fingerprint density at radius 3 is 2.44 bits per heavy atom. The molecule has 3 heteroatoms. The summed E-state index contributed by atoms with van der Waals surface area (Å²) in [4.78, 5) is 12.4. The van der Waals surface area contributed by atoms with Crippen molar-refractivity contribution in [2.45, 2.75) is 32.1 Å². The van der Waals surface area contributed by atoms with Gasteiger partial charge < -0.3 is 0 Å². The lowest BCUT2D eigenvalue weighted by molar-refractivity contribution is -0.123. The summed E-state index contributed by atoms with van der Waals surface area (Å²) >= 11 is 3.33. The molecule has 96 valence electrons. The van der Waals surface area contributed by atoms with E-state index < -0.39 is 0 Å². The zero-order valence-corrected chi connectivity index (χ0v) is 11.7. The van der Waals surface area contributed by atoms with Gasteiger partial charge in [-0.15, -0.1) is 0 Å². The van der Waals surface area contributed by atoms with E-state index in [2.05, 4.69) is 15.9 Å². The van der Waals surface area contributed by atoms with Crippen molar-refractivity contribution < 1.29 is 9.18 Å². The topological polar surface area (TPSA) is 17.1 Å². The van der Waals surface area contributed by atoms with Crippen LogP contribution in [0.25, 0.3) is 0 Å². The normalized spacial score (nSPS) is 19.3. The van der Waals surface area contributed by atoms with Crippen molar-refractivity contribution in [3.05, 3.63) is 34.1 Å². The molecule has 0 atom stereocenters. The van der Waals surface area contributed by atoms with Gasteiger partial charge in [0.15, 0.2) is 0 Å². The average Bonchev–Trinajstić information content (AvgIpc) is 3.17. The van der Waals surface area contributed by atoms with Crippen LogP contribution in [0.5, 0.6) is 0 Å². The molecule has 2 fully saturated rings. The Kier molecular flexibility index (Phi) is 3.27. The molecule has 0 bridgehead atoms. The molecule has 2 aliphatic carbocycles. The molecule has 3 rings (SSSR count). The highest BCUT2D eigenvalue weighted by Gasteiger charge is 2.45. The molecule has 2 aliphatic rings. The molecule has 0 radical (unpaired) electrons. The lowest BCUT2D eigenvalue weighted by Gasteiger charge is -2.14. The van der Waals surface area contributed by atoms with E-state index in [1.54, 1.807) is 12.1 Å². The average molecular weight is 311 g/mol. The number of carbonyl (C=O) groups is 1. The molecule has 0 unspecified atom stereocenters. The van der Waals surface area contributed by atoms with Crippen molar-refractivity contribution in [1.82, 2.24) is 0 Å². The minimum absolute atomic E-state index is 0.211. The van der Waals surface area contributed by atoms with Gasteiger partial charge in [0, 0.05) is 16.8 Å². The molecule has 2 saturated carbocycles. The quantitative estimate of drug-likeness (QED) is 0.799. The Labute approximate surface area is 115 Å². The van der Waals surface area contributed by atoms with E-state index in [9.17, 15) is 9.18 Å². The number of halogens is 2. The fraction of sp³-hybridized carbons (Fsp3) is 0.533. The lowest BCUT2D eigenvalue weighted by atomic mass is 9.89. The molecule has 0 heterocycles. The van der Waals surface area contributed by atoms with Crippen molar-refractivity contribution in [1.29, 1.82) is 0 Å². The minimum atomic E-state index is -0.267. The molecule has 1 nitrogen and oxygen atoms in total. The van der Waals surface area contributed by atoms with Crippen LogP contribution in [0.3, 0.4) is 0 Å². The monoisotopic (exact) mass is 310 g/mol. The molecular formula is C15H16BrFO. The smallest absolute Gasteiger partial charge is 0.140 e. The van der Waals surface area contributed by atoms with Gasteiger partial charge in [0.1, 0.15) is 11.6 Å². The summed E-state index contributed by atoms with van der Waals surface area (Å²) in [5.41, 5.74) is 0.528. The summed E-state index contributed by atoms with van der Waals surface area (Å²) < 4.78 is 14.5. The molecule has 0 saturated heterocycles. The van der Waals surface area contributed by atoms with E-state index in [0.29, 0.717) is 17.4 Å². The Morgan fingerprint density at radius 2 is 1.89 bits per heavy atom. The van der Waals surface area contributed by atoms with Crippen LogP contribution in [0, 0.1) is 23.6 Å². The SMILES string of the molecule is O=C(Cc1cc(Br)ccc1F)C(C1CC1)C1CC1. The Morgan fingerprint density at radius 1 is 1.28 bits per heavy atom. The summed E-state index contributed by atoms with van der Waals surface area (Å²) in [5, 5.41) is 0. The highest BCUT2D eigenvalue weighted by atomic mass is 79.9. The molecular weight excluding hydrogens is 295 g/mol. The maximum atomic E-state index is 13.7. The van der Waals surface area contributed by atoms with Gasteiger partial charge in [-0.05, 0) is 61.3 Å². The molecule has 1 aromatic rings. The van der Waals surface area contributed by atoms with Gasteiger partial charge in [-0.1, -0.05) is 15.9 Å². The minimum Gasteiger partial charge on any atom is -0.299 e. The molecule has 0 N–H and O–H groups in total. The number of hydrogen-bond donors (Lipinski definition) is 0. The zero-order chi connectivity index (χ0) is 12.7. The first-order valence-electron chi connectivity index (χ1n) is 6.62. The zero-order valence-electron chi connectivity index (χ0n) is 10.2. The number of benzene rings is 1. The summed E-state index contributed by atoms with van der Waals surface area (Å²) in [7, 11) is 0. The van der Waals surface area contributed by atoms with Crippen LogP contribution >= 0.6 is 15.9 Å². The number of hydrogen-bond acceptors (Lipinski definition) is 1. The van der Waals surface area contributed by atoms with E-state index in [0.717, 1.165) is 4.47 Å². The maximum Gasteiger partial charge on any atom is 0.140 e. The molecule has 1 aromatic carbocycles. The third kappa shape index (κ3) is 2.66. The van der Waals surface area contributed by atoms with Crippen LogP contribution in [0.1, 0.15) is 31.2 Å². The number of rotatable bonds is 5. The predicted molar refractivity (Wildman–Crippen MR) is 71.7 cm³/mol. The Balaban J connectivity index is 1.74. The second-order valence-electron chi connectivity index (χ2n) is 5.58. The van der Waals surface area contributed by atoms with Crippen molar-refractivity contribution in [3.63, 3.8) is 0 Å². The summed E-state index contributed by atoms with van der Waals surface area (Å²) in [6, 6.07) is 4.82. The van der Waals surface area contributed by atoms with E-state index >= 15 is 0 Å². The Hall–Kier alpha value is -0.700. The molecule has 0 spiro atoms. The van der Waals surface area contributed by atoms with Gasteiger partial charge in [0.25, 0.3) is 0 Å². The van der Waals surface area contributed by atoms with Crippen LogP contribution in [0.2, 0.25) is 0 Å². The van der Waals surface area contributed by atoms with E-state index in [4.69, 9.17) is 0 Å². The Bertz CT molecular complexity index is 465. The largest absolute Gasteiger partial charge is 0.299 e. The number of carbonyl (C=O) groups excluding carboxylic acids is 1. The number of ketones is 1. The van der Waals surface area contributed by atoms with E-state index in [1.807, 2.05) is 0 Å². The highest BCUT2D eigenvalue weighted by Crippen LogP contribution is 2.49. The van der Waals surface area contributed by atoms with Crippen LogP contribution in [0.4, 0.5) is 4.39 Å². The maximum absolute atomic E-state index is 13.7. The van der Waals surface area contributed by atoms with Crippen molar-refractivity contribution >= 4 is 21.7 Å². The number of Topliss-reactive ketones (excluding diaryl/α,β-unsaturated/α-hetero) is 1. The molecule has 0 aliphatic heterocycles. The summed E-state index contributed by atoms with van der Waals surface area (Å²) in [6.07, 6.45) is 5.01. The van der Waals surface area contributed by atoms with Gasteiger partial charge in [-0.25, -0.2) is 4.39 Å². The fourth-order valence-corrected chi connectivity index (χ4v) is 3.21. The molecule has 0 aromatic heterocycles. The first-order chi connectivity index (χ1) is 8.65. The van der Waals surface area contributed by atoms with Crippen LogP contribution < -0.4 is 0 Å². The predicted octanol–water partition coefficient (Wildman–Crippen LogP) is 4.14. The summed E-state index contributed by atoms with van der Waals surface area (Å²) in [5.74, 6) is 1.39. The lowest BCUT2D eigenvalue weighted by Crippen LogP contribution is -2.21. The second-order valence-corrected chi connectivity index (χ2v) is 6.50. The van der Waals surface area contributed by atoms with Gasteiger partial charge in [0.2, 0.25) is 0 Å². The van der Waals surface area contributed by atoms with Crippen molar-refractivity contribution in [2.24, 2.45) is 17.8 Å². The first-order valence-corrected chi connectivity index (χ1v) is 7.41. The van der Waals surface area contributed by atoms with Gasteiger partial charge in [0.05, 0.1) is 0 Å². The van der Waals surface area contributed by atoms with Crippen LogP contribution in [-0.4, -0.2) is 5.78 Å². The standard InChI is InChI=1S/C15H16BrFO/c16-12-5-6-13(17)11(7-12)8-14(18)15(9-1-2-9)10-3-4-10/h5-7,9-10,15H,1-4,8H2. The van der Waals surface area contributed by atoms with Crippen LogP contribution in [0.15, 0.2) is 22.7 Å². The second kappa shape index (κ2) is 4.76. The van der Waals surface area contributed by atoms with Gasteiger partial charge >= 0.3 is 0 Å². The van der Waals surface area contributed by atoms with Gasteiger partial charge in [-0.3, -0.25) is 4.79 Å².